The second-order valence-corrected chi connectivity index (χ2v) is 4.04. The summed E-state index contributed by atoms with van der Waals surface area (Å²) in [6.45, 7) is 0.794. The molecule has 0 aliphatic carbocycles. The molecule has 2 amide bonds. The number of carbonyl (C=O) groups excluding carboxylic acids is 2. The molecule has 1 saturated heterocycles. The lowest BCUT2D eigenvalue weighted by molar-refractivity contribution is -0.138. The topological polar surface area (TPSA) is 69.6 Å². The van der Waals surface area contributed by atoms with Crippen molar-refractivity contribution >= 4 is 11.8 Å². The fourth-order valence-electron chi connectivity index (χ4n) is 2.04. The summed E-state index contributed by atoms with van der Waals surface area (Å²) in [5.41, 5.74) is 0. The highest BCUT2D eigenvalue weighted by atomic mass is 16.3. The Morgan fingerprint density at radius 3 is 2.81 bits per heavy atom. The molecule has 1 aliphatic rings. The predicted octanol–water partition coefficient (Wildman–Crippen LogP) is -0.114. The Morgan fingerprint density at radius 2 is 2.19 bits per heavy atom. The van der Waals surface area contributed by atoms with Crippen molar-refractivity contribution in [3.8, 4) is 0 Å². The smallest absolute Gasteiger partial charge is 0.242 e. The van der Waals surface area contributed by atoms with Crippen molar-refractivity contribution in [1.29, 1.82) is 0 Å². The van der Waals surface area contributed by atoms with Crippen molar-refractivity contribution in [2.45, 2.75) is 38.1 Å². The first kappa shape index (κ1) is 13.0. The summed E-state index contributed by atoms with van der Waals surface area (Å²) in [5, 5.41) is 11.2. The number of hydrogen-bond donors (Lipinski definition) is 2. The summed E-state index contributed by atoms with van der Waals surface area (Å²) in [7, 11) is 1.59. The number of unbranched alkanes of at least 4 members (excludes halogenated alkanes) is 1. The average molecular weight is 228 g/mol. The molecule has 92 valence electrons. The first-order valence-corrected chi connectivity index (χ1v) is 5.82. The number of nitrogens with one attached hydrogen (secondary N) is 1. The van der Waals surface area contributed by atoms with Gasteiger partial charge in [0.1, 0.15) is 6.04 Å². The van der Waals surface area contributed by atoms with Crippen molar-refractivity contribution in [3.05, 3.63) is 0 Å². The fraction of sp³-hybridized carbons (Fsp3) is 0.818. The van der Waals surface area contributed by atoms with Crippen LogP contribution in [0, 0.1) is 0 Å². The van der Waals surface area contributed by atoms with E-state index in [0.717, 1.165) is 12.8 Å². The van der Waals surface area contributed by atoms with Gasteiger partial charge in [0, 0.05) is 26.6 Å². The molecular formula is C11H20N2O3. The Bertz CT molecular complexity index is 256. The van der Waals surface area contributed by atoms with Gasteiger partial charge in [-0.15, -0.1) is 0 Å². The standard InChI is InChI=1S/C11H20N2O3/c1-12-11(16)9-5-4-7-13(9)10(15)6-2-3-8-14/h9,14H,2-8H2,1H3,(H,12,16). The van der Waals surface area contributed by atoms with Crippen molar-refractivity contribution in [2.24, 2.45) is 0 Å². The summed E-state index contributed by atoms with van der Waals surface area (Å²) in [5.74, 6) is -0.0486. The normalized spacial score (nSPS) is 19.9. The molecule has 1 heterocycles. The third-order valence-corrected chi connectivity index (χ3v) is 2.92. The van der Waals surface area contributed by atoms with Crippen molar-refractivity contribution in [2.75, 3.05) is 20.2 Å². The zero-order valence-electron chi connectivity index (χ0n) is 9.74. The summed E-state index contributed by atoms with van der Waals surface area (Å²) < 4.78 is 0. The molecule has 0 radical (unpaired) electrons. The molecule has 1 atom stereocenters. The molecule has 0 bridgehead atoms. The van der Waals surface area contributed by atoms with Gasteiger partial charge in [0.15, 0.2) is 0 Å². The van der Waals surface area contributed by atoms with Gasteiger partial charge in [0.05, 0.1) is 0 Å². The summed E-state index contributed by atoms with van der Waals surface area (Å²) in [6, 6.07) is -0.286. The fourth-order valence-corrected chi connectivity index (χ4v) is 2.04. The van der Waals surface area contributed by atoms with E-state index in [1.54, 1.807) is 11.9 Å². The van der Waals surface area contributed by atoms with Gasteiger partial charge < -0.3 is 15.3 Å². The largest absolute Gasteiger partial charge is 0.396 e. The minimum absolute atomic E-state index is 0.0274. The predicted molar refractivity (Wildman–Crippen MR) is 59.7 cm³/mol. The van der Waals surface area contributed by atoms with Crippen molar-refractivity contribution in [3.63, 3.8) is 0 Å². The first-order valence-electron chi connectivity index (χ1n) is 5.82. The third kappa shape index (κ3) is 3.20. The van der Waals surface area contributed by atoms with E-state index in [2.05, 4.69) is 5.32 Å². The monoisotopic (exact) mass is 228 g/mol. The molecule has 1 fully saturated rings. The van der Waals surface area contributed by atoms with Gasteiger partial charge in [-0.1, -0.05) is 0 Å². The molecular weight excluding hydrogens is 208 g/mol. The quantitative estimate of drug-likeness (QED) is 0.645. The number of likely N-dealkylation sites (tertiary alicyclic amines) is 1. The number of aliphatic hydroxyl groups excluding tert-OH is 1. The van der Waals surface area contributed by atoms with Crippen LogP contribution in [0.1, 0.15) is 32.1 Å². The molecule has 16 heavy (non-hydrogen) atoms. The van der Waals surface area contributed by atoms with Gasteiger partial charge >= 0.3 is 0 Å². The second kappa shape index (κ2) is 6.48. The van der Waals surface area contributed by atoms with E-state index in [9.17, 15) is 9.59 Å². The Morgan fingerprint density at radius 1 is 1.44 bits per heavy atom. The molecule has 5 heteroatoms. The van der Waals surface area contributed by atoms with Gasteiger partial charge in [0.25, 0.3) is 0 Å². The summed E-state index contributed by atoms with van der Waals surface area (Å²) in [6.07, 6.45) is 3.40. The minimum Gasteiger partial charge on any atom is -0.396 e. The number of hydrogen-bond acceptors (Lipinski definition) is 3. The van der Waals surface area contributed by atoms with Crippen LogP contribution in [-0.4, -0.2) is 48.1 Å². The lowest BCUT2D eigenvalue weighted by Gasteiger charge is -2.23. The Kier molecular flexibility index (Phi) is 5.25. The maximum Gasteiger partial charge on any atom is 0.242 e. The van der Waals surface area contributed by atoms with Crippen molar-refractivity contribution < 1.29 is 14.7 Å². The minimum atomic E-state index is -0.286. The molecule has 1 unspecified atom stereocenters. The molecule has 2 N–H and O–H groups in total. The molecule has 5 nitrogen and oxygen atoms in total. The van der Waals surface area contributed by atoms with Crippen LogP contribution in [0.5, 0.6) is 0 Å². The Hall–Kier alpha value is -1.10. The van der Waals surface area contributed by atoms with E-state index < -0.39 is 0 Å². The van der Waals surface area contributed by atoms with Crippen LogP contribution >= 0.6 is 0 Å². The second-order valence-electron chi connectivity index (χ2n) is 4.04. The van der Waals surface area contributed by atoms with E-state index in [0.29, 0.717) is 25.8 Å². The average Bonchev–Trinajstić information content (AvgIpc) is 2.77. The molecule has 0 spiro atoms. The molecule has 0 aromatic carbocycles. The molecule has 1 rings (SSSR count). The van der Waals surface area contributed by atoms with Crippen molar-refractivity contribution in [1.82, 2.24) is 10.2 Å². The van der Waals surface area contributed by atoms with Gasteiger partial charge in [-0.2, -0.15) is 0 Å². The van der Waals surface area contributed by atoms with E-state index in [-0.39, 0.29) is 24.5 Å². The number of amides is 2. The van der Waals surface area contributed by atoms with Gasteiger partial charge in [-0.3, -0.25) is 9.59 Å². The van der Waals surface area contributed by atoms with Crippen LogP contribution in [-0.2, 0) is 9.59 Å². The van der Waals surface area contributed by atoms with Crippen LogP contribution in [0.25, 0.3) is 0 Å². The van der Waals surface area contributed by atoms with E-state index in [1.165, 1.54) is 0 Å². The van der Waals surface area contributed by atoms with Gasteiger partial charge in [-0.25, -0.2) is 0 Å². The van der Waals surface area contributed by atoms with Crippen LogP contribution in [0.4, 0.5) is 0 Å². The van der Waals surface area contributed by atoms with Crippen LogP contribution < -0.4 is 5.32 Å². The highest BCUT2D eigenvalue weighted by Crippen LogP contribution is 2.18. The maximum absolute atomic E-state index is 11.8. The Labute approximate surface area is 95.8 Å². The zero-order chi connectivity index (χ0) is 12.0. The number of aliphatic hydroxyl groups is 1. The first-order chi connectivity index (χ1) is 7.70. The van der Waals surface area contributed by atoms with E-state index in [4.69, 9.17) is 5.11 Å². The lowest BCUT2D eigenvalue weighted by atomic mass is 10.2. The van der Waals surface area contributed by atoms with Crippen LogP contribution in [0.3, 0.4) is 0 Å². The van der Waals surface area contributed by atoms with Gasteiger partial charge in [-0.05, 0) is 25.7 Å². The SMILES string of the molecule is CNC(=O)C1CCCN1C(=O)CCCCO. The highest BCUT2D eigenvalue weighted by Gasteiger charge is 2.32. The lowest BCUT2D eigenvalue weighted by Crippen LogP contribution is -2.44. The highest BCUT2D eigenvalue weighted by molar-refractivity contribution is 5.88. The number of nitrogens with zero attached hydrogens (tertiary/aromatic N) is 1. The third-order valence-electron chi connectivity index (χ3n) is 2.92. The Balaban J connectivity index is 2.44. The molecule has 0 saturated carbocycles. The molecule has 0 aromatic heterocycles. The maximum atomic E-state index is 11.8. The van der Waals surface area contributed by atoms with E-state index in [1.807, 2.05) is 0 Å². The van der Waals surface area contributed by atoms with Gasteiger partial charge in [0.2, 0.25) is 11.8 Å². The summed E-state index contributed by atoms with van der Waals surface area (Å²) >= 11 is 0. The number of carbonyl (C=O) groups is 2. The van der Waals surface area contributed by atoms with Crippen LogP contribution in [0.15, 0.2) is 0 Å². The number of likely N-dealkylation sites (N-methyl/N-ethyl adjacent to an activating group) is 1. The summed E-state index contributed by atoms with van der Waals surface area (Å²) in [4.78, 5) is 25.0. The van der Waals surface area contributed by atoms with Crippen LogP contribution in [0.2, 0.25) is 0 Å². The van der Waals surface area contributed by atoms with E-state index >= 15 is 0 Å². The zero-order valence-corrected chi connectivity index (χ0v) is 9.74. The number of rotatable bonds is 5. The molecule has 0 aromatic rings. The molecule has 1 aliphatic heterocycles.